The minimum Gasteiger partial charge on any atom is -0.368 e. The van der Waals surface area contributed by atoms with Crippen LogP contribution in [-0.4, -0.2) is 15.8 Å². The predicted octanol–water partition coefficient (Wildman–Crippen LogP) is 1.95. The van der Waals surface area contributed by atoms with Crippen molar-refractivity contribution in [3.8, 4) is 0 Å². The van der Waals surface area contributed by atoms with Gasteiger partial charge in [0.05, 0.1) is 11.0 Å². The second kappa shape index (κ2) is 4.24. The van der Waals surface area contributed by atoms with E-state index in [2.05, 4.69) is 16.9 Å². The van der Waals surface area contributed by atoms with Gasteiger partial charge in [-0.3, -0.25) is 9.78 Å². The van der Waals surface area contributed by atoms with Gasteiger partial charge in [0.2, 0.25) is 0 Å². The van der Waals surface area contributed by atoms with Crippen molar-refractivity contribution in [2.24, 2.45) is 0 Å². The van der Waals surface area contributed by atoms with Gasteiger partial charge in [0.1, 0.15) is 0 Å². The smallest absolute Gasteiger partial charge is 0.162 e. The van der Waals surface area contributed by atoms with Crippen LogP contribution in [0.15, 0.2) is 18.2 Å². The van der Waals surface area contributed by atoms with E-state index in [4.69, 9.17) is 0 Å². The zero-order valence-electron chi connectivity index (χ0n) is 7.87. The molecule has 2 rings (SSSR count). The van der Waals surface area contributed by atoms with Crippen LogP contribution in [0.4, 0.5) is 0 Å². The van der Waals surface area contributed by atoms with Crippen molar-refractivity contribution in [3.63, 3.8) is 0 Å². The van der Waals surface area contributed by atoms with Gasteiger partial charge in [-0.25, -0.2) is 0 Å². The number of ketones is 1. The average molecular weight is 262 g/mol. The zero-order chi connectivity index (χ0) is 9.42. The Balaban J connectivity index is 0.000000980. The van der Waals surface area contributed by atoms with Crippen LogP contribution in [0.1, 0.15) is 23.1 Å². The quantitative estimate of drug-likeness (QED) is 0.630. The maximum atomic E-state index is 11.2. The Bertz CT molecular complexity index is 476. The molecule has 3 nitrogen and oxygen atoms in total. The largest absolute Gasteiger partial charge is 0.368 e. The third-order valence-corrected chi connectivity index (χ3v) is 1.94. The van der Waals surface area contributed by atoms with E-state index >= 15 is 0 Å². The summed E-state index contributed by atoms with van der Waals surface area (Å²) in [6, 6.07) is 5.48. The minimum absolute atomic E-state index is 0. The van der Waals surface area contributed by atoms with Crippen molar-refractivity contribution in [3.05, 3.63) is 36.5 Å². The Kier molecular flexibility index (Phi) is 3.45. The molecule has 0 atom stereocenters. The Morgan fingerprint density at radius 3 is 2.86 bits per heavy atom. The SMILES string of the molecule is [CH2-]c1nc2c(C(C)=O)cccc2[nH]1.[Y]. The molecule has 69 valence electrons. The van der Waals surface area contributed by atoms with Gasteiger partial charge in [-0.15, -0.1) is 0 Å². The van der Waals surface area contributed by atoms with E-state index in [9.17, 15) is 4.79 Å². The van der Waals surface area contributed by atoms with Crippen LogP contribution in [0.25, 0.3) is 11.0 Å². The van der Waals surface area contributed by atoms with Gasteiger partial charge in [-0.1, -0.05) is 6.07 Å². The van der Waals surface area contributed by atoms with Gasteiger partial charge >= 0.3 is 0 Å². The molecule has 1 aromatic heterocycles. The topological polar surface area (TPSA) is 45.8 Å². The molecule has 0 saturated heterocycles. The molecular weight excluding hydrogens is 253 g/mol. The fourth-order valence-electron chi connectivity index (χ4n) is 1.37. The third kappa shape index (κ3) is 1.89. The second-order valence-electron chi connectivity index (χ2n) is 2.94. The first-order chi connectivity index (χ1) is 6.18. The van der Waals surface area contributed by atoms with Crippen molar-refractivity contribution < 1.29 is 37.5 Å². The summed E-state index contributed by atoms with van der Waals surface area (Å²) in [6.07, 6.45) is 0. The molecule has 0 aliphatic heterocycles. The number of aromatic nitrogens is 2. The molecule has 14 heavy (non-hydrogen) atoms. The van der Waals surface area contributed by atoms with Crippen LogP contribution in [-0.2, 0) is 32.7 Å². The Morgan fingerprint density at radius 1 is 1.50 bits per heavy atom. The Hall–Kier alpha value is -0.666. The van der Waals surface area contributed by atoms with E-state index in [-0.39, 0.29) is 38.5 Å². The zero-order valence-corrected chi connectivity index (χ0v) is 10.7. The number of nitrogens with one attached hydrogen (secondary N) is 1. The molecule has 0 fully saturated rings. The second-order valence-corrected chi connectivity index (χ2v) is 2.94. The summed E-state index contributed by atoms with van der Waals surface area (Å²) in [5.74, 6) is 0.612. The molecule has 0 amide bonds. The van der Waals surface area contributed by atoms with Crippen LogP contribution in [0.2, 0.25) is 0 Å². The number of nitrogens with zero attached hydrogens (tertiary/aromatic N) is 1. The molecule has 0 aliphatic rings. The maximum absolute atomic E-state index is 11.2. The number of hydrogen-bond donors (Lipinski definition) is 1. The van der Waals surface area contributed by atoms with Crippen molar-refractivity contribution in [2.45, 2.75) is 6.92 Å². The number of rotatable bonds is 1. The normalized spacial score (nSPS) is 9.79. The molecule has 2 aromatic rings. The van der Waals surface area contributed by atoms with E-state index in [0.29, 0.717) is 16.9 Å². The molecule has 1 aromatic carbocycles. The van der Waals surface area contributed by atoms with Crippen LogP contribution in [0.5, 0.6) is 0 Å². The molecule has 0 aliphatic carbocycles. The van der Waals surface area contributed by atoms with Crippen molar-refractivity contribution in [2.75, 3.05) is 0 Å². The number of Topliss-reactive ketones (excluding diaryl/α,β-unsaturated/α-hetero) is 1. The maximum Gasteiger partial charge on any atom is 0.162 e. The molecule has 0 saturated carbocycles. The number of imidazole rings is 1. The van der Waals surface area contributed by atoms with Gasteiger partial charge in [-0.2, -0.15) is 0 Å². The van der Waals surface area contributed by atoms with E-state index in [0.717, 1.165) is 5.52 Å². The van der Waals surface area contributed by atoms with Gasteiger partial charge in [-0.05, 0) is 24.9 Å². The summed E-state index contributed by atoms with van der Waals surface area (Å²) >= 11 is 0. The summed E-state index contributed by atoms with van der Waals surface area (Å²) < 4.78 is 0. The average Bonchev–Trinajstić information content (AvgIpc) is 2.43. The van der Waals surface area contributed by atoms with E-state index in [1.54, 1.807) is 6.07 Å². The van der Waals surface area contributed by atoms with Crippen molar-refractivity contribution in [1.29, 1.82) is 0 Å². The number of fused-ring (bicyclic) bond motifs is 1. The number of para-hydroxylation sites is 1. The molecule has 0 bridgehead atoms. The minimum atomic E-state index is 0. The van der Waals surface area contributed by atoms with Gasteiger partial charge in [0.15, 0.2) is 5.78 Å². The monoisotopic (exact) mass is 262 g/mol. The fourth-order valence-corrected chi connectivity index (χ4v) is 1.37. The van der Waals surface area contributed by atoms with Crippen molar-refractivity contribution in [1.82, 2.24) is 9.97 Å². The fraction of sp³-hybridized carbons (Fsp3) is 0.100. The van der Waals surface area contributed by atoms with Crippen LogP contribution >= 0.6 is 0 Å². The number of carbonyl (C=O) groups is 1. The molecule has 1 heterocycles. The molecule has 1 radical (unpaired) electrons. The first-order valence-electron chi connectivity index (χ1n) is 4.00. The van der Waals surface area contributed by atoms with E-state index < -0.39 is 0 Å². The Labute approximate surface area is 107 Å². The number of aromatic amines is 1. The van der Waals surface area contributed by atoms with Crippen LogP contribution in [0.3, 0.4) is 0 Å². The van der Waals surface area contributed by atoms with Gasteiger partial charge in [0.25, 0.3) is 0 Å². The van der Waals surface area contributed by atoms with Gasteiger partial charge < -0.3 is 11.9 Å². The standard InChI is InChI=1S/C10H9N2O.Y/c1-6(13)8-4-3-5-9-10(8)12-7(2)11-9;/h3-5H,2H2,1H3,(H,11,12);/q-1;. The number of benzene rings is 1. The summed E-state index contributed by atoms with van der Waals surface area (Å²) in [6.45, 7) is 5.21. The molecule has 0 spiro atoms. The summed E-state index contributed by atoms with van der Waals surface area (Å²) in [4.78, 5) is 18.3. The Morgan fingerprint density at radius 2 is 2.21 bits per heavy atom. The number of hydrogen-bond acceptors (Lipinski definition) is 2. The van der Waals surface area contributed by atoms with Crippen molar-refractivity contribution >= 4 is 16.8 Å². The molecule has 4 heteroatoms. The number of H-pyrrole nitrogens is 1. The molecule has 1 N–H and O–H groups in total. The van der Waals surface area contributed by atoms with Crippen LogP contribution < -0.4 is 0 Å². The van der Waals surface area contributed by atoms with E-state index in [1.807, 2.05) is 12.1 Å². The molecule has 0 unspecified atom stereocenters. The van der Waals surface area contributed by atoms with Gasteiger partial charge in [0, 0.05) is 38.3 Å². The first kappa shape index (κ1) is 11.4. The van der Waals surface area contributed by atoms with E-state index in [1.165, 1.54) is 6.92 Å². The summed E-state index contributed by atoms with van der Waals surface area (Å²) in [7, 11) is 0. The first-order valence-corrected chi connectivity index (χ1v) is 4.00. The van der Waals surface area contributed by atoms with Crippen LogP contribution in [0, 0.1) is 6.92 Å². The molecular formula is C10H9N2OY-. The summed E-state index contributed by atoms with van der Waals surface area (Å²) in [5, 5.41) is 0. The predicted molar refractivity (Wildman–Crippen MR) is 50.6 cm³/mol. The summed E-state index contributed by atoms with van der Waals surface area (Å²) in [5.41, 5.74) is 2.21. The number of carbonyl (C=O) groups excluding carboxylic acids is 1. The third-order valence-electron chi connectivity index (χ3n) is 1.94.